The Morgan fingerprint density at radius 1 is 0.418 bits per heavy atom. The number of esters is 3. The summed E-state index contributed by atoms with van der Waals surface area (Å²) in [5, 5.41) is 8.65. The van der Waals surface area contributed by atoms with Crippen LogP contribution < -0.4 is 30.2 Å². The van der Waals surface area contributed by atoms with E-state index in [0.29, 0.717) is 12.8 Å². The fourth-order valence-electron chi connectivity index (χ4n) is 10.9. The largest absolute Gasteiger partial charge is 0.487 e. The van der Waals surface area contributed by atoms with E-state index in [0.717, 1.165) is 6.42 Å². The molecule has 1 aromatic rings. The highest BCUT2D eigenvalue weighted by Gasteiger charge is 2.48. The van der Waals surface area contributed by atoms with Gasteiger partial charge in [0.2, 0.25) is 23.5 Å². The van der Waals surface area contributed by atoms with Gasteiger partial charge in [0.15, 0.2) is 30.4 Å². The van der Waals surface area contributed by atoms with E-state index in [2.05, 4.69) is 36.7 Å². The van der Waals surface area contributed by atoms with Crippen LogP contribution in [0.1, 0.15) is 133 Å². The maximum absolute atomic E-state index is 13.6. The highest BCUT2D eigenvalue weighted by Crippen LogP contribution is 2.40. The Balaban J connectivity index is 1.33. The quantitative estimate of drug-likeness (QED) is 0.0427. The van der Waals surface area contributed by atoms with Crippen molar-refractivity contribution in [2.24, 2.45) is 23.7 Å². The normalized spacial score (nSPS) is 26.6. The molecular formula is C64H107N3O24. The van der Waals surface area contributed by atoms with Crippen molar-refractivity contribution in [2.45, 2.75) is 196 Å². The van der Waals surface area contributed by atoms with Crippen molar-refractivity contribution >= 4 is 35.6 Å². The van der Waals surface area contributed by atoms with Gasteiger partial charge in [0, 0.05) is 46.5 Å². The smallest absolute Gasteiger partial charge is 0.338 e. The summed E-state index contributed by atoms with van der Waals surface area (Å²) < 4.78 is 107. The Hall–Kier alpha value is -5.04. The molecule has 3 amide bonds. The summed E-state index contributed by atoms with van der Waals surface area (Å²) in [4.78, 5) is 73.9. The first-order chi connectivity index (χ1) is 43.4. The zero-order valence-electron chi connectivity index (χ0n) is 56.5. The molecule has 522 valence electrons. The fourth-order valence-corrected chi connectivity index (χ4v) is 10.9. The van der Waals surface area contributed by atoms with Crippen molar-refractivity contribution in [1.29, 1.82) is 0 Å². The van der Waals surface area contributed by atoms with Gasteiger partial charge in [0.25, 0.3) is 0 Å². The zero-order chi connectivity index (χ0) is 67.0. The van der Waals surface area contributed by atoms with Gasteiger partial charge < -0.3 is 101 Å². The standard InChI is InChI=1S/C64H107N3O24/c1-16-49-39(4)40(5)54(65-43(8)68)61(88-49)83-34-28-77-22-19-74-25-31-80-52-37-48(60(73)91-64(13,14)15)38-53(81-32-26-75-20-23-78-29-35-84-62-55(66-44(9)69)57(86-46(11)71)41(6)50(17-2)89-62)59(52)82-33-27-76-21-24-79-30-36-85-63-56(67-45(10)70)58(87-47(12)72)42(7)51(18-3)90-63/h37-42,49-51,54-58,61-63H,16-36H2,1-15H3,(H,65,68)(H,66,69)(H,67,70)/t39-,40+,41+,42+,49-,50-,51-,54-,55-,56-,57+,58+,61-,62?,63-/m1/s1. The molecule has 0 bridgehead atoms. The molecule has 0 aliphatic carbocycles. The molecule has 3 saturated heterocycles. The summed E-state index contributed by atoms with van der Waals surface area (Å²) in [7, 11) is 0. The van der Waals surface area contributed by atoms with E-state index < -0.39 is 66.7 Å². The third-order valence-electron chi connectivity index (χ3n) is 15.4. The van der Waals surface area contributed by atoms with Gasteiger partial charge in [-0.25, -0.2) is 4.79 Å². The van der Waals surface area contributed by atoms with Crippen molar-refractivity contribution in [3.8, 4) is 17.2 Å². The van der Waals surface area contributed by atoms with Crippen LogP contribution >= 0.6 is 0 Å². The molecule has 27 nitrogen and oxygen atoms in total. The van der Waals surface area contributed by atoms with Gasteiger partial charge >= 0.3 is 17.9 Å². The van der Waals surface area contributed by atoms with Gasteiger partial charge in [0.1, 0.15) is 49.7 Å². The SMILES string of the molecule is CC[C@H]1O[C@@H](OCCOCCOCCOc2cc(C(=O)OC(C)(C)C)cc(OCCOCCOCCOC3O[C@H](CC)[C@H](C)[C@H](OC(C)=O)[C@H]3NC(C)=O)c2OCCOCCOCCO[C@@H]2O[C@H](CC)[C@H](C)[C@H](OC(C)=O)[C@H]2NC(C)=O)[C@H](NC(C)=O)[C@@H](C)[C@H]1C. The van der Waals surface area contributed by atoms with Crippen LogP contribution in [0.4, 0.5) is 0 Å². The van der Waals surface area contributed by atoms with Crippen LogP contribution in [0.15, 0.2) is 12.1 Å². The molecule has 3 fully saturated rings. The molecule has 0 saturated carbocycles. The topological polar surface area (TPSA) is 305 Å². The number of amides is 3. The number of benzene rings is 1. The van der Waals surface area contributed by atoms with Crippen LogP contribution in [0.5, 0.6) is 17.2 Å². The Morgan fingerprint density at radius 3 is 1.05 bits per heavy atom. The maximum Gasteiger partial charge on any atom is 0.338 e. The van der Waals surface area contributed by atoms with Gasteiger partial charge in [-0.2, -0.15) is 0 Å². The Bertz CT molecular complexity index is 2330. The monoisotopic (exact) mass is 1300 g/mol. The summed E-state index contributed by atoms with van der Waals surface area (Å²) in [5.41, 5.74) is -0.680. The first-order valence-corrected chi connectivity index (χ1v) is 32.1. The van der Waals surface area contributed by atoms with Gasteiger partial charge in [0.05, 0.1) is 129 Å². The Morgan fingerprint density at radius 2 is 0.725 bits per heavy atom. The number of ether oxygens (including phenoxy) is 18. The van der Waals surface area contributed by atoms with Crippen molar-refractivity contribution < 1.29 is 114 Å². The Labute approximate surface area is 537 Å². The predicted octanol–water partition coefficient (Wildman–Crippen LogP) is 5.25. The maximum atomic E-state index is 13.6. The lowest BCUT2D eigenvalue weighted by Crippen LogP contribution is -2.62. The minimum Gasteiger partial charge on any atom is -0.487 e. The average Bonchev–Trinajstić information content (AvgIpc) is 0.905. The number of hydrogen-bond acceptors (Lipinski definition) is 24. The second-order valence-electron chi connectivity index (χ2n) is 23.8. The van der Waals surface area contributed by atoms with E-state index in [1.165, 1.54) is 46.8 Å². The molecule has 1 aromatic carbocycles. The minimum atomic E-state index is -0.875. The second kappa shape index (κ2) is 41.6. The summed E-state index contributed by atoms with van der Waals surface area (Å²) >= 11 is 0. The van der Waals surface area contributed by atoms with Crippen LogP contribution in [0.2, 0.25) is 0 Å². The van der Waals surface area contributed by atoms with Gasteiger partial charge in [-0.3, -0.25) is 24.0 Å². The predicted molar refractivity (Wildman–Crippen MR) is 328 cm³/mol. The van der Waals surface area contributed by atoms with Crippen molar-refractivity contribution in [1.82, 2.24) is 16.0 Å². The molecule has 15 atom stereocenters. The molecule has 3 aliphatic heterocycles. The molecule has 27 heteroatoms. The lowest BCUT2D eigenvalue weighted by molar-refractivity contribution is -0.256. The molecule has 91 heavy (non-hydrogen) atoms. The highest BCUT2D eigenvalue weighted by atomic mass is 16.7. The summed E-state index contributed by atoms with van der Waals surface area (Å²) in [6.07, 6.45) is -2.06. The molecule has 3 N–H and O–H groups in total. The number of hydrogen-bond donors (Lipinski definition) is 3. The number of rotatable bonds is 42. The molecule has 3 heterocycles. The third kappa shape index (κ3) is 27.8. The molecule has 3 aliphatic rings. The Kier molecular flexibility index (Phi) is 35.9. The molecular weight excluding hydrogens is 1190 g/mol. The van der Waals surface area contributed by atoms with Crippen molar-refractivity contribution in [3.05, 3.63) is 17.7 Å². The zero-order valence-corrected chi connectivity index (χ0v) is 56.5. The summed E-state index contributed by atoms with van der Waals surface area (Å²) in [6.45, 7) is 29.1. The molecule has 0 aromatic heterocycles. The fraction of sp³-hybridized carbons (Fsp3) is 0.812. The van der Waals surface area contributed by atoms with E-state index in [4.69, 9.17) is 85.3 Å². The van der Waals surface area contributed by atoms with Crippen LogP contribution in [-0.4, -0.2) is 228 Å². The first kappa shape index (κ1) is 78.4. The summed E-state index contributed by atoms with van der Waals surface area (Å²) in [5.74, 6) is -1.79. The lowest BCUT2D eigenvalue weighted by atomic mass is 9.81. The van der Waals surface area contributed by atoms with E-state index >= 15 is 0 Å². The lowest BCUT2D eigenvalue weighted by Gasteiger charge is -2.44. The molecule has 0 radical (unpaired) electrons. The van der Waals surface area contributed by atoms with E-state index in [-0.39, 0.29) is 207 Å². The van der Waals surface area contributed by atoms with E-state index in [9.17, 15) is 28.8 Å². The van der Waals surface area contributed by atoms with Crippen molar-refractivity contribution in [2.75, 3.05) is 119 Å². The third-order valence-corrected chi connectivity index (χ3v) is 15.4. The second-order valence-corrected chi connectivity index (χ2v) is 23.8. The van der Waals surface area contributed by atoms with Crippen LogP contribution in [0.3, 0.4) is 0 Å². The molecule has 0 spiro atoms. The molecule has 4 rings (SSSR count). The van der Waals surface area contributed by atoms with Crippen LogP contribution in [0, 0.1) is 23.7 Å². The average molecular weight is 1300 g/mol. The van der Waals surface area contributed by atoms with Crippen LogP contribution in [0.25, 0.3) is 0 Å². The van der Waals surface area contributed by atoms with Gasteiger partial charge in [-0.1, -0.05) is 48.5 Å². The number of carbonyl (C=O) groups excluding carboxylic acids is 6. The summed E-state index contributed by atoms with van der Waals surface area (Å²) in [6, 6.07) is 1.30. The van der Waals surface area contributed by atoms with Crippen LogP contribution in [-0.2, 0) is 95.0 Å². The van der Waals surface area contributed by atoms with Gasteiger partial charge in [-0.05, 0) is 64.0 Å². The molecule has 1 unspecified atom stereocenters. The number of nitrogens with one attached hydrogen (secondary N) is 3. The van der Waals surface area contributed by atoms with Crippen molar-refractivity contribution in [3.63, 3.8) is 0 Å². The number of carbonyl (C=O) groups is 6. The minimum absolute atomic E-state index is 0.00914. The van der Waals surface area contributed by atoms with Gasteiger partial charge in [-0.15, -0.1) is 0 Å². The highest BCUT2D eigenvalue weighted by molar-refractivity contribution is 5.91. The van der Waals surface area contributed by atoms with E-state index in [1.54, 1.807) is 20.8 Å². The van der Waals surface area contributed by atoms with E-state index in [1.807, 2.05) is 27.7 Å². The first-order valence-electron chi connectivity index (χ1n) is 32.1.